The van der Waals surface area contributed by atoms with E-state index in [0.29, 0.717) is 23.3 Å². The van der Waals surface area contributed by atoms with Crippen LogP contribution in [-0.2, 0) is 19.5 Å². The Hall–Kier alpha value is -2.40. The number of rotatable bonds is 2. The Bertz CT molecular complexity index is 807. The smallest absolute Gasteiger partial charge is 0.259 e. The number of carbonyl (C=O) groups is 2. The molecule has 1 amide bonds. The molecule has 1 aromatic heterocycles. The minimum absolute atomic E-state index is 0.00294. The molecule has 0 spiro atoms. The van der Waals surface area contributed by atoms with Gasteiger partial charge in [-0.05, 0) is 30.7 Å². The van der Waals surface area contributed by atoms with Crippen LogP contribution in [0.2, 0.25) is 0 Å². The van der Waals surface area contributed by atoms with Crippen LogP contribution in [0.3, 0.4) is 0 Å². The number of carbonyl (C=O) groups excluding carboxylic acids is 2. The number of Topliss-reactive ketones (excluding diaryl/α,β-unsaturated/α-hetero) is 1. The molecule has 0 saturated carbocycles. The summed E-state index contributed by atoms with van der Waals surface area (Å²) in [6.07, 6.45) is 3.41. The van der Waals surface area contributed by atoms with E-state index in [1.807, 2.05) is 12.1 Å². The van der Waals surface area contributed by atoms with E-state index in [1.54, 1.807) is 0 Å². The molecular formula is C18H18N2O3. The summed E-state index contributed by atoms with van der Waals surface area (Å²) in [6.45, 7) is 1.70. The van der Waals surface area contributed by atoms with Crippen LogP contribution in [-0.4, -0.2) is 23.6 Å². The first-order valence-corrected chi connectivity index (χ1v) is 7.87. The molecule has 23 heavy (non-hydrogen) atoms. The average Bonchev–Trinajstić information content (AvgIpc) is 3.11. The molecule has 2 aromatic rings. The van der Waals surface area contributed by atoms with Crippen molar-refractivity contribution in [2.24, 2.45) is 0 Å². The van der Waals surface area contributed by atoms with Crippen molar-refractivity contribution in [3.05, 3.63) is 52.5 Å². The van der Waals surface area contributed by atoms with Crippen LogP contribution in [0.5, 0.6) is 0 Å². The molecule has 1 N–H and O–H groups in total. The van der Waals surface area contributed by atoms with Gasteiger partial charge in [0, 0.05) is 31.6 Å². The maximum absolute atomic E-state index is 12.6. The number of ketones is 1. The molecule has 2 heterocycles. The number of aryl methyl sites for hydroxylation is 1. The molecule has 118 valence electrons. The molecule has 0 fully saturated rings. The molecule has 0 radical (unpaired) electrons. The molecule has 5 heteroatoms. The molecule has 4 rings (SSSR count). The van der Waals surface area contributed by atoms with E-state index in [1.165, 1.54) is 11.8 Å². The number of benzene rings is 1. The monoisotopic (exact) mass is 310 g/mol. The van der Waals surface area contributed by atoms with E-state index in [0.717, 1.165) is 37.2 Å². The van der Waals surface area contributed by atoms with Crippen molar-refractivity contribution in [2.45, 2.75) is 32.4 Å². The van der Waals surface area contributed by atoms with Gasteiger partial charge in [-0.1, -0.05) is 12.1 Å². The number of fused-ring (bicyclic) bond motifs is 2. The van der Waals surface area contributed by atoms with E-state index in [9.17, 15) is 9.59 Å². The second kappa shape index (κ2) is 5.35. The first kappa shape index (κ1) is 14.2. The Morgan fingerprint density at radius 3 is 3.00 bits per heavy atom. The topological polar surface area (TPSA) is 62.6 Å². The van der Waals surface area contributed by atoms with Crippen LogP contribution in [0.4, 0.5) is 5.69 Å². The fourth-order valence-electron chi connectivity index (χ4n) is 3.48. The summed E-state index contributed by atoms with van der Waals surface area (Å²) in [5, 5.41) is 2.96. The normalized spacial score (nSPS) is 17.0. The first-order valence-electron chi connectivity index (χ1n) is 7.87. The lowest BCUT2D eigenvalue weighted by atomic mass is 9.94. The molecule has 2 aliphatic rings. The zero-order chi connectivity index (χ0) is 16.0. The molecule has 0 bridgehead atoms. The van der Waals surface area contributed by atoms with Crippen LogP contribution in [0.15, 0.2) is 28.9 Å². The van der Waals surface area contributed by atoms with Gasteiger partial charge >= 0.3 is 0 Å². The van der Waals surface area contributed by atoms with Gasteiger partial charge in [0.05, 0.1) is 11.1 Å². The summed E-state index contributed by atoms with van der Waals surface area (Å²) < 4.78 is 5.44. The zero-order valence-electron chi connectivity index (χ0n) is 13.0. The van der Waals surface area contributed by atoms with Crippen LogP contribution < -0.4 is 5.32 Å². The predicted molar refractivity (Wildman–Crippen MR) is 85.5 cm³/mol. The van der Waals surface area contributed by atoms with E-state index in [2.05, 4.69) is 23.3 Å². The van der Waals surface area contributed by atoms with Crippen LogP contribution in [0.1, 0.15) is 50.4 Å². The van der Waals surface area contributed by atoms with Crippen molar-refractivity contribution < 1.29 is 14.0 Å². The van der Waals surface area contributed by atoms with Crippen molar-refractivity contribution in [1.82, 2.24) is 4.90 Å². The zero-order valence-corrected chi connectivity index (χ0v) is 13.0. The number of nitrogens with zero attached hydrogens (tertiary/aromatic N) is 1. The second-order valence-electron chi connectivity index (χ2n) is 6.29. The summed E-state index contributed by atoms with van der Waals surface area (Å²) in [4.78, 5) is 26.9. The third-order valence-electron chi connectivity index (χ3n) is 4.59. The highest BCUT2D eigenvalue weighted by atomic mass is 16.3. The number of furan rings is 1. The lowest BCUT2D eigenvalue weighted by Crippen LogP contribution is -2.18. The van der Waals surface area contributed by atoms with Gasteiger partial charge in [-0.3, -0.25) is 14.5 Å². The number of anilines is 1. The molecule has 0 unspecified atom stereocenters. The minimum Gasteiger partial charge on any atom is -0.468 e. The minimum atomic E-state index is -0.270. The fourth-order valence-corrected chi connectivity index (χ4v) is 3.48. The molecule has 0 atom stereocenters. The summed E-state index contributed by atoms with van der Waals surface area (Å²) in [6, 6.07) is 5.94. The summed E-state index contributed by atoms with van der Waals surface area (Å²) in [5.74, 6) is 0.376. The third-order valence-corrected chi connectivity index (χ3v) is 4.59. The Morgan fingerprint density at radius 1 is 1.26 bits per heavy atom. The molecule has 5 nitrogen and oxygen atoms in total. The first-order chi connectivity index (χ1) is 11.1. The van der Waals surface area contributed by atoms with Gasteiger partial charge in [-0.2, -0.15) is 0 Å². The van der Waals surface area contributed by atoms with Gasteiger partial charge < -0.3 is 9.73 Å². The van der Waals surface area contributed by atoms with Gasteiger partial charge in [0.2, 0.25) is 0 Å². The van der Waals surface area contributed by atoms with Gasteiger partial charge in [-0.25, -0.2) is 0 Å². The van der Waals surface area contributed by atoms with Crippen molar-refractivity contribution in [1.29, 1.82) is 0 Å². The van der Waals surface area contributed by atoms with Crippen LogP contribution in [0, 0.1) is 0 Å². The molecule has 1 aliphatic carbocycles. The standard InChI is InChI=1S/C18H18N2O3/c1-20-8-11-4-2-5-14(12(11)9-20)19-18(22)13-10-23-16-7-3-6-15(21)17(13)16/h2,4-5,10H,3,6-9H2,1H3,(H,19,22). The molecule has 1 aliphatic heterocycles. The van der Waals surface area contributed by atoms with Gasteiger partial charge in [0.15, 0.2) is 5.78 Å². The lowest BCUT2D eigenvalue weighted by molar-refractivity contribution is 0.0955. The molecule has 0 saturated heterocycles. The Labute approximate surface area is 134 Å². The lowest BCUT2D eigenvalue weighted by Gasteiger charge is -2.12. The highest BCUT2D eigenvalue weighted by Crippen LogP contribution is 2.30. The number of nitrogens with one attached hydrogen (secondary N) is 1. The van der Waals surface area contributed by atoms with Crippen molar-refractivity contribution >= 4 is 17.4 Å². The van der Waals surface area contributed by atoms with Crippen LogP contribution >= 0.6 is 0 Å². The molecular weight excluding hydrogens is 292 g/mol. The Balaban J connectivity index is 1.64. The van der Waals surface area contributed by atoms with E-state index in [4.69, 9.17) is 4.42 Å². The predicted octanol–water partition coefficient (Wildman–Crippen LogP) is 3.00. The molecule has 1 aromatic carbocycles. The maximum Gasteiger partial charge on any atom is 0.259 e. The summed E-state index contributed by atoms with van der Waals surface area (Å²) in [5.41, 5.74) is 4.02. The van der Waals surface area contributed by atoms with Gasteiger partial charge in [-0.15, -0.1) is 0 Å². The van der Waals surface area contributed by atoms with Crippen molar-refractivity contribution in [2.75, 3.05) is 12.4 Å². The largest absolute Gasteiger partial charge is 0.468 e. The third kappa shape index (κ3) is 2.37. The summed E-state index contributed by atoms with van der Waals surface area (Å²) >= 11 is 0. The van der Waals surface area contributed by atoms with Crippen LogP contribution in [0.25, 0.3) is 0 Å². The van der Waals surface area contributed by atoms with E-state index in [-0.39, 0.29) is 11.7 Å². The Kier molecular flexibility index (Phi) is 3.31. The van der Waals surface area contributed by atoms with Crippen molar-refractivity contribution in [3.63, 3.8) is 0 Å². The SMILES string of the molecule is CN1Cc2cccc(NC(=O)c3coc4c3C(=O)CCC4)c2C1. The number of hydrogen-bond acceptors (Lipinski definition) is 4. The average molecular weight is 310 g/mol. The fraction of sp³-hybridized carbons (Fsp3) is 0.333. The second-order valence-corrected chi connectivity index (χ2v) is 6.29. The number of hydrogen-bond donors (Lipinski definition) is 1. The quantitative estimate of drug-likeness (QED) is 0.926. The number of amides is 1. The van der Waals surface area contributed by atoms with E-state index < -0.39 is 0 Å². The maximum atomic E-state index is 12.6. The highest BCUT2D eigenvalue weighted by molar-refractivity contribution is 6.13. The summed E-state index contributed by atoms with van der Waals surface area (Å²) in [7, 11) is 2.05. The van der Waals surface area contributed by atoms with Gasteiger partial charge in [0.25, 0.3) is 5.91 Å². The van der Waals surface area contributed by atoms with Crippen molar-refractivity contribution in [3.8, 4) is 0 Å². The Morgan fingerprint density at radius 2 is 2.13 bits per heavy atom. The highest BCUT2D eigenvalue weighted by Gasteiger charge is 2.28. The van der Waals surface area contributed by atoms with E-state index >= 15 is 0 Å². The van der Waals surface area contributed by atoms with Gasteiger partial charge in [0.1, 0.15) is 12.0 Å².